The van der Waals surface area contributed by atoms with E-state index in [0.29, 0.717) is 17.8 Å². The molecule has 5 heteroatoms. The maximum atomic E-state index is 6.86. The molecule has 5 nitrogen and oxygen atoms in total. The van der Waals surface area contributed by atoms with Crippen LogP contribution in [0.4, 0.5) is 0 Å². The number of benzene rings is 1. The minimum absolute atomic E-state index is 0.439. The van der Waals surface area contributed by atoms with E-state index in [2.05, 4.69) is 45.4 Å². The van der Waals surface area contributed by atoms with E-state index >= 15 is 0 Å². The number of rotatable bonds is 5. The Kier molecular flexibility index (Phi) is 5.14. The van der Waals surface area contributed by atoms with Gasteiger partial charge in [-0.3, -0.25) is 0 Å². The number of likely N-dealkylation sites (N-methyl/N-ethyl adjacent to an activating group) is 1. The first kappa shape index (κ1) is 21.4. The Morgan fingerprint density at radius 3 is 2.09 bits per heavy atom. The summed E-state index contributed by atoms with van der Waals surface area (Å²) in [6.07, 6.45) is 10.6. The molecule has 1 saturated heterocycles. The van der Waals surface area contributed by atoms with Crippen molar-refractivity contribution >= 4 is 0 Å². The standard InChI is InChI=1S/C27H40NO4/c1-28(2,3)12-13-29-25-6-4-21(5-7-25)22-8-10-26(11-9-22)30-27(32-31-26)23-15-19-14-20(17-23)18-24(27)16-19/h4-7,19-20,22-24H,8-18H2,1-3H3/q+1/t19?,20?,22-,23?,24?,26+,27-. The summed E-state index contributed by atoms with van der Waals surface area (Å²) in [6.45, 7) is 1.74. The van der Waals surface area contributed by atoms with Crippen LogP contribution in [0.3, 0.4) is 0 Å². The molecule has 0 N–H and O–H groups in total. The van der Waals surface area contributed by atoms with Gasteiger partial charge >= 0.3 is 0 Å². The molecule has 1 heterocycles. The summed E-state index contributed by atoms with van der Waals surface area (Å²) < 4.78 is 13.7. The molecular formula is C27H40NO4+. The summed E-state index contributed by atoms with van der Waals surface area (Å²) in [6, 6.07) is 8.75. The molecule has 32 heavy (non-hydrogen) atoms. The van der Waals surface area contributed by atoms with E-state index in [4.69, 9.17) is 19.2 Å². The predicted molar refractivity (Wildman–Crippen MR) is 122 cm³/mol. The molecule has 176 valence electrons. The van der Waals surface area contributed by atoms with E-state index in [0.717, 1.165) is 60.9 Å². The van der Waals surface area contributed by atoms with Crippen LogP contribution in [0.2, 0.25) is 0 Å². The quantitative estimate of drug-likeness (QED) is 0.461. The van der Waals surface area contributed by atoms with Crippen molar-refractivity contribution in [3.63, 3.8) is 0 Å². The molecule has 7 rings (SSSR count). The average Bonchev–Trinajstić information content (AvgIpc) is 3.12. The Morgan fingerprint density at radius 2 is 1.50 bits per heavy atom. The Morgan fingerprint density at radius 1 is 0.875 bits per heavy atom. The lowest BCUT2D eigenvalue weighted by atomic mass is 9.53. The van der Waals surface area contributed by atoms with Gasteiger partial charge in [0.2, 0.25) is 11.6 Å². The average molecular weight is 443 g/mol. The van der Waals surface area contributed by atoms with Gasteiger partial charge in [0, 0.05) is 24.7 Å². The zero-order valence-electron chi connectivity index (χ0n) is 20.1. The van der Waals surface area contributed by atoms with E-state index in [1.807, 2.05) is 0 Å². The Balaban J connectivity index is 1.05. The summed E-state index contributed by atoms with van der Waals surface area (Å²) in [5.74, 6) is 3.47. The van der Waals surface area contributed by atoms with Crippen molar-refractivity contribution in [1.82, 2.24) is 0 Å². The fraction of sp³-hybridized carbons (Fsp3) is 0.778. The second kappa shape index (κ2) is 7.69. The van der Waals surface area contributed by atoms with E-state index in [1.54, 1.807) is 0 Å². The lowest BCUT2D eigenvalue weighted by Crippen LogP contribution is -2.59. The molecule has 6 fully saturated rings. The fourth-order valence-corrected chi connectivity index (χ4v) is 7.46. The van der Waals surface area contributed by atoms with Crippen LogP contribution < -0.4 is 4.74 Å². The molecule has 0 atom stereocenters. The molecule has 0 aromatic heterocycles. The maximum absolute atomic E-state index is 6.86. The van der Waals surface area contributed by atoms with Crippen LogP contribution in [0.1, 0.15) is 69.3 Å². The van der Waals surface area contributed by atoms with Gasteiger partial charge in [-0.05, 0) is 80.4 Å². The number of quaternary nitrogens is 1. The third-order valence-corrected chi connectivity index (χ3v) is 9.08. The highest BCUT2D eigenvalue weighted by molar-refractivity contribution is 5.30. The normalized spacial score (nSPS) is 42.8. The third kappa shape index (κ3) is 3.79. The Labute approximate surface area is 192 Å². The number of hydrogen-bond acceptors (Lipinski definition) is 4. The Bertz CT molecular complexity index is 793. The van der Waals surface area contributed by atoms with Gasteiger partial charge in [0.05, 0.1) is 21.1 Å². The van der Waals surface area contributed by atoms with Gasteiger partial charge in [-0.25, -0.2) is 0 Å². The molecule has 1 aromatic rings. The van der Waals surface area contributed by atoms with Crippen molar-refractivity contribution in [1.29, 1.82) is 0 Å². The summed E-state index contributed by atoms with van der Waals surface area (Å²) in [5.41, 5.74) is 1.40. The number of hydrogen-bond donors (Lipinski definition) is 0. The van der Waals surface area contributed by atoms with Crippen LogP contribution in [0.25, 0.3) is 0 Å². The van der Waals surface area contributed by atoms with Crippen LogP contribution in [0, 0.1) is 23.7 Å². The molecule has 5 aliphatic carbocycles. The predicted octanol–water partition coefficient (Wildman–Crippen LogP) is 5.26. The monoisotopic (exact) mass is 442 g/mol. The highest BCUT2D eigenvalue weighted by Crippen LogP contribution is 2.64. The number of ether oxygens (including phenoxy) is 2. The van der Waals surface area contributed by atoms with Crippen molar-refractivity contribution in [3.05, 3.63) is 29.8 Å². The zero-order chi connectivity index (χ0) is 22.0. The summed E-state index contributed by atoms with van der Waals surface area (Å²) in [5, 5.41) is 0. The highest BCUT2D eigenvalue weighted by atomic mass is 17.3. The molecule has 4 bridgehead atoms. The lowest BCUT2D eigenvalue weighted by molar-refractivity contribution is -0.870. The first-order valence-corrected chi connectivity index (χ1v) is 12.9. The summed E-state index contributed by atoms with van der Waals surface area (Å²) in [4.78, 5) is 12.3. The van der Waals surface area contributed by atoms with E-state index in [9.17, 15) is 0 Å². The van der Waals surface area contributed by atoms with Crippen LogP contribution in [0.5, 0.6) is 5.75 Å². The van der Waals surface area contributed by atoms with E-state index in [-0.39, 0.29) is 0 Å². The molecule has 0 amide bonds. The van der Waals surface area contributed by atoms with Gasteiger partial charge in [-0.15, -0.1) is 0 Å². The van der Waals surface area contributed by atoms with Gasteiger partial charge < -0.3 is 14.0 Å². The van der Waals surface area contributed by atoms with Gasteiger partial charge in [0.15, 0.2) is 0 Å². The largest absolute Gasteiger partial charge is 0.488 e. The molecule has 2 spiro atoms. The van der Waals surface area contributed by atoms with E-state index < -0.39 is 11.6 Å². The Hall–Kier alpha value is -1.14. The lowest BCUT2D eigenvalue weighted by Gasteiger charge is -2.57. The van der Waals surface area contributed by atoms with Crippen LogP contribution in [0.15, 0.2) is 24.3 Å². The van der Waals surface area contributed by atoms with Gasteiger partial charge in [-0.1, -0.05) is 12.1 Å². The molecule has 0 radical (unpaired) electrons. The third-order valence-electron chi connectivity index (χ3n) is 9.08. The fourth-order valence-electron chi connectivity index (χ4n) is 7.46. The first-order chi connectivity index (χ1) is 15.3. The topological polar surface area (TPSA) is 36.9 Å². The smallest absolute Gasteiger partial charge is 0.210 e. The van der Waals surface area contributed by atoms with Crippen molar-refractivity contribution in [2.75, 3.05) is 34.3 Å². The van der Waals surface area contributed by atoms with Crippen molar-refractivity contribution < 1.29 is 23.7 Å². The molecular weight excluding hydrogens is 402 g/mol. The zero-order valence-corrected chi connectivity index (χ0v) is 20.1. The SMILES string of the molecule is C[N+](C)(C)CCOc1ccc([C@H]2CC[C@]3(CC2)OO[C@]2(O3)C3CC4CC(C3)CC2C4)cc1. The minimum atomic E-state index is -0.514. The summed E-state index contributed by atoms with van der Waals surface area (Å²) in [7, 11) is 6.57. The molecule has 1 aromatic carbocycles. The van der Waals surface area contributed by atoms with Gasteiger partial charge in [0.25, 0.3) is 0 Å². The van der Waals surface area contributed by atoms with Crippen LogP contribution in [-0.2, 0) is 14.5 Å². The molecule has 1 aliphatic heterocycles. The maximum Gasteiger partial charge on any atom is 0.210 e. The second-order valence-electron chi connectivity index (χ2n) is 12.4. The van der Waals surface area contributed by atoms with Crippen LogP contribution >= 0.6 is 0 Å². The molecule has 5 saturated carbocycles. The van der Waals surface area contributed by atoms with Crippen molar-refractivity contribution in [2.24, 2.45) is 23.7 Å². The number of nitrogens with zero attached hydrogens (tertiary/aromatic N) is 1. The van der Waals surface area contributed by atoms with Gasteiger partial charge in [-0.2, -0.15) is 9.78 Å². The highest BCUT2D eigenvalue weighted by Gasteiger charge is 2.66. The van der Waals surface area contributed by atoms with E-state index in [1.165, 1.54) is 37.7 Å². The minimum Gasteiger partial charge on any atom is -0.488 e. The second-order valence-corrected chi connectivity index (χ2v) is 12.4. The first-order valence-electron chi connectivity index (χ1n) is 12.9. The van der Waals surface area contributed by atoms with Crippen molar-refractivity contribution in [3.8, 4) is 5.75 Å². The molecule has 6 aliphatic rings. The molecule has 0 unspecified atom stereocenters. The van der Waals surface area contributed by atoms with Crippen LogP contribution in [-0.4, -0.2) is 50.4 Å². The van der Waals surface area contributed by atoms with Gasteiger partial charge in [0.1, 0.15) is 18.9 Å². The van der Waals surface area contributed by atoms with Crippen molar-refractivity contribution in [2.45, 2.75) is 75.3 Å². The summed E-state index contributed by atoms with van der Waals surface area (Å²) >= 11 is 0.